The minimum atomic E-state index is -1.93. The molecule has 0 saturated carbocycles. The number of carbonyl (C=O) groups is 3. The molecule has 2 aromatic rings. The fourth-order valence-electron chi connectivity index (χ4n) is 3.31. The second-order valence-electron chi connectivity index (χ2n) is 6.62. The van der Waals surface area contributed by atoms with Crippen LogP contribution >= 0.6 is 0 Å². The first-order chi connectivity index (χ1) is 14.2. The Balaban J connectivity index is 2.13. The topological polar surface area (TPSA) is 168 Å². The lowest BCUT2D eigenvalue weighted by Crippen LogP contribution is -2.49. The van der Waals surface area contributed by atoms with Crippen molar-refractivity contribution in [1.29, 1.82) is 5.26 Å². The maximum absolute atomic E-state index is 11.8. The minimum absolute atomic E-state index is 0.196. The number of rotatable bonds is 5. The van der Waals surface area contributed by atoms with Crippen molar-refractivity contribution < 1.29 is 33.3 Å². The summed E-state index contributed by atoms with van der Waals surface area (Å²) in [5.41, 5.74) is 4.75. The zero-order chi connectivity index (χ0) is 22.1. The largest absolute Gasteiger partial charge is 0.461 e. The zero-order valence-corrected chi connectivity index (χ0v) is 16.4. The second-order valence-corrected chi connectivity index (χ2v) is 6.62. The number of hydrogen-bond donors (Lipinski definition) is 1. The van der Waals surface area contributed by atoms with E-state index in [1.165, 1.54) is 10.8 Å². The van der Waals surface area contributed by atoms with Crippen LogP contribution in [0.1, 0.15) is 32.6 Å². The van der Waals surface area contributed by atoms with Crippen molar-refractivity contribution >= 4 is 29.2 Å². The van der Waals surface area contributed by atoms with E-state index in [1.54, 1.807) is 12.1 Å². The predicted octanol–water partition coefficient (Wildman–Crippen LogP) is 0.0717. The summed E-state index contributed by atoms with van der Waals surface area (Å²) in [5, 5.41) is 14.0. The quantitative estimate of drug-likeness (QED) is 0.516. The van der Waals surface area contributed by atoms with Crippen LogP contribution in [0.5, 0.6) is 0 Å². The lowest BCUT2D eigenvalue weighted by atomic mass is 9.95. The summed E-state index contributed by atoms with van der Waals surface area (Å²) in [4.78, 5) is 38.8. The van der Waals surface area contributed by atoms with Crippen molar-refractivity contribution in [1.82, 2.24) is 14.6 Å². The Bertz CT molecular complexity index is 1050. The number of nitriles is 1. The van der Waals surface area contributed by atoms with Gasteiger partial charge >= 0.3 is 17.9 Å². The number of carbonyl (C=O) groups excluding carboxylic acids is 3. The number of ether oxygens (including phenoxy) is 4. The van der Waals surface area contributed by atoms with Crippen molar-refractivity contribution in [3.63, 3.8) is 0 Å². The van der Waals surface area contributed by atoms with Crippen LogP contribution < -0.4 is 5.73 Å². The number of aromatic nitrogens is 3. The average Bonchev–Trinajstić information content (AvgIpc) is 3.21. The molecule has 1 saturated heterocycles. The molecule has 12 nitrogen and oxygen atoms in total. The van der Waals surface area contributed by atoms with Crippen LogP contribution in [-0.2, 0) is 33.3 Å². The van der Waals surface area contributed by atoms with E-state index in [2.05, 4.69) is 10.1 Å². The molecule has 0 amide bonds. The highest BCUT2D eigenvalue weighted by Gasteiger charge is 2.61. The van der Waals surface area contributed by atoms with Gasteiger partial charge in [-0.3, -0.25) is 14.4 Å². The molecule has 0 bridgehead atoms. The molecular formula is C18H19N5O7. The molecular weight excluding hydrogens is 398 g/mol. The van der Waals surface area contributed by atoms with E-state index >= 15 is 0 Å². The van der Waals surface area contributed by atoms with Gasteiger partial charge in [0.05, 0.1) is 5.69 Å². The van der Waals surface area contributed by atoms with Gasteiger partial charge in [0.15, 0.2) is 18.0 Å². The van der Waals surface area contributed by atoms with Crippen LogP contribution in [-0.4, -0.2) is 56.9 Å². The third kappa shape index (κ3) is 3.74. The molecule has 2 aromatic heterocycles. The van der Waals surface area contributed by atoms with E-state index in [9.17, 15) is 19.6 Å². The first-order valence-corrected chi connectivity index (χ1v) is 8.83. The van der Waals surface area contributed by atoms with Crippen molar-refractivity contribution in [3.8, 4) is 6.07 Å². The SMILES string of the molecule is CC(=O)OC[C@@]1(C#N)O[C@@H](c2ccc3c(N)ncnn23)[C@H](OC(C)=O)[C@@H]1OC(C)=O. The molecule has 1 fully saturated rings. The van der Waals surface area contributed by atoms with Gasteiger partial charge in [0.25, 0.3) is 0 Å². The summed E-state index contributed by atoms with van der Waals surface area (Å²) in [6, 6.07) is 5.13. The first kappa shape index (κ1) is 21.0. The fraction of sp³-hybridized carbons (Fsp3) is 0.444. The first-order valence-electron chi connectivity index (χ1n) is 8.83. The van der Waals surface area contributed by atoms with Gasteiger partial charge in [-0.25, -0.2) is 9.50 Å². The van der Waals surface area contributed by atoms with E-state index in [0.29, 0.717) is 11.2 Å². The van der Waals surface area contributed by atoms with Crippen LogP contribution in [0, 0.1) is 11.3 Å². The van der Waals surface area contributed by atoms with Crippen molar-refractivity contribution in [2.24, 2.45) is 0 Å². The fourth-order valence-corrected chi connectivity index (χ4v) is 3.31. The number of anilines is 1. The minimum Gasteiger partial charge on any atom is -0.461 e. The molecule has 0 aromatic carbocycles. The zero-order valence-electron chi connectivity index (χ0n) is 16.4. The Labute approximate surface area is 170 Å². The van der Waals surface area contributed by atoms with Gasteiger partial charge in [0, 0.05) is 20.8 Å². The summed E-state index contributed by atoms with van der Waals surface area (Å²) in [6.07, 6.45) is -2.47. The van der Waals surface area contributed by atoms with Gasteiger partial charge in [0.2, 0.25) is 5.60 Å². The Hall–Kier alpha value is -3.72. The third-order valence-electron chi connectivity index (χ3n) is 4.47. The standard InChI is InChI=1S/C18H19N5O7/c1-9(24)27-7-18(6-19)16(29-11(3)26)15(28-10(2)25)14(30-18)12-4-5-13-17(20)21-8-22-23(12)13/h4-5,8,14-16H,7H2,1-3H3,(H2,20,21,22)/t14-,15-,16-,18+/m0/s1. The summed E-state index contributed by atoms with van der Waals surface area (Å²) in [7, 11) is 0. The Morgan fingerprint density at radius 2 is 1.93 bits per heavy atom. The van der Waals surface area contributed by atoms with E-state index < -0.39 is 48.4 Å². The summed E-state index contributed by atoms with van der Waals surface area (Å²) < 4.78 is 23.0. The number of fused-ring (bicyclic) bond motifs is 1. The number of hydrogen-bond acceptors (Lipinski definition) is 11. The molecule has 0 unspecified atom stereocenters. The lowest BCUT2D eigenvalue weighted by Gasteiger charge is -2.27. The smallest absolute Gasteiger partial charge is 0.303 e. The van der Waals surface area contributed by atoms with Crippen LogP contribution in [0.15, 0.2) is 18.5 Å². The number of esters is 3. The Morgan fingerprint density at radius 3 is 2.53 bits per heavy atom. The van der Waals surface area contributed by atoms with E-state index in [1.807, 2.05) is 6.07 Å². The molecule has 12 heteroatoms. The molecule has 30 heavy (non-hydrogen) atoms. The number of nitrogens with zero attached hydrogens (tertiary/aromatic N) is 4. The van der Waals surface area contributed by atoms with E-state index in [-0.39, 0.29) is 5.82 Å². The summed E-state index contributed by atoms with van der Waals surface area (Å²) in [6.45, 7) is 2.90. The van der Waals surface area contributed by atoms with Crippen LogP contribution in [0.3, 0.4) is 0 Å². The van der Waals surface area contributed by atoms with Gasteiger partial charge in [0.1, 0.15) is 30.6 Å². The number of nitrogens with two attached hydrogens (primary N) is 1. The lowest BCUT2D eigenvalue weighted by molar-refractivity contribution is -0.170. The molecule has 0 aliphatic carbocycles. The average molecular weight is 417 g/mol. The van der Waals surface area contributed by atoms with Gasteiger partial charge in [-0.05, 0) is 12.1 Å². The van der Waals surface area contributed by atoms with Crippen molar-refractivity contribution in [2.45, 2.75) is 44.7 Å². The molecule has 1 aliphatic heterocycles. The maximum atomic E-state index is 11.8. The summed E-state index contributed by atoms with van der Waals surface area (Å²) >= 11 is 0. The molecule has 0 spiro atoms. The molecule has 158 valence electrons. The molecule has 4 atom stereocenters. The van der Waals surface area contributed by atoms with Crippen LogP contribution in [0.4, 0.5) is 5.82 Å². The van der Waals surface area contributed by atoms with E-state index in [4.69, 9.17) is 24.7 Å². The van der Waals surface area contributed by atoms with Crippen LogP contribution in [0.25, 0.3) is 5.52 Å². The van der Waals surface area contributed by atoms with Gasteiger partial charge < -0.3 is 24.7 Å². The van der Waals surface area contributed by atoms with Crippen molar-refractivity contribution in [3.05, 3.63) is 24.2 Å². The highest BCUT2D eigenvalue weighted by Crippen LogP contribution is 2.44. The van der Waals surface area contributed by atoms with Gasteiger partial charge in [-0.1, -0.05) is 0 Å². The van der Waals surface area contributed by atoms with Crippen LogP contribution in [0.2, 0.25) is 0 Å². The van der Waals surface area contributed by atoms with Gasteiger partial charge in [-0.15, -0.1) is 0 Å². The Kier molecular flexibility index (Phi) is 5.57. The molecule has 2 N–H and O–H groups in total. The monoisotopic (exact) mass is 417 g/mol. The summed E-state index contributed by atoms with van der Waals surface area (Å²) in [5.74, 6) is -1.91. The van der Waals surface area contributed by atoms with E-state index in [0.717, 1.165) is 20.8 Å². The normalized spacial score (nSPS) is 25.5. The van der Waals surface area contributed by atoms with Gasteiger partial charge in [-0.2, -0.15) is 10.4 Å². The highest BCUT2D eigenvalue weighted by molar-refractivity contribution is 5.69. The molecule has 1 aliphatic rings. The third-order valence-corrected chi connectivity index (χ3v) is 4.47. The Morgan fingerprint density at radius 1 is 1.23 bits per heavy atom. The van der Waals surface area contributed by atoms with Crippen molar-refractivity contribution in [2.75, 3.05) is 12.3 Å². The maximum Gasteiger partial charge on any atom is 0.303 e. The molecule has 3 heterocycles. The predicted molar refractivity (Wildman–Crippen MR) is 97.3 cm³/mol. The molecule has 3 rings (SSSR count). The molecule has 0 radical (unpaired) electrons. The highest BCUT2D eigenvalue weighted by atomic mass is 16.7. The number of nitrogen functional groups attached to an aromatic ring is 1. The second kappa shape index (κ2) is 7.96.